The molecule has 0 saturated carbocycles. The molecule has 2 unspecified atom stereocenters. The first-order valence-corrected chi connectivity index (χ1v) is 6.12. The van der Waals surface area contributed by atoms with Crippen LogP contribution < -0.4 is 0 Å². The second kappa shape index (κ2) is 5.02. The van der Waals surface area contributed by atoms with Gasteiger partial charge in [-0.05, 0) is 48.4 Å². The SMILES string of the molecule is Cc1ccc(C(C)n2nnnc2C(C)Cl)cc1F. The highest BCUT2D eigenvalue weighted by Crippen LogP contribution is 2.24. The number of alkyl halides is 1. The summed E-state index contributed by atoms with van der Waals surface area (Å²) in [4.78, 5) is 0. The Morgan fingerprint density at radius 1 is 1.33 bits per heavy atom. The molecule has 18 heavy (non-hydrogen) atoms. The maximum atomic E-state index is 13.6. The van der Waals surface area contributed by atoms with Crippen LogP contribution in [-0.2, 0) is 0 Å². The van der Waals surface area contributed by atoms with Crippen LogP contribution in [0.4, 0.5) is 4.39 Å². The van der Waals surface area contributed by atoms with Crippen molar-refractivity contribution in [3.63, 3.8) is 0 Å². The van der Waals surface area contributed by atoms with Gasteiger partial charge in [-0.1, -0.05) is 12.1 Å². The van der Waals surface area contributed by atoms with Crippen molar-refractivity contribution < 1.29 is 4.39 Å². The zero-order valence-corrected chi connectivity index (χ0v) is 11.2. The molecular weight excluding hydrogens is 255 g/mol. The Bertz CT molecular complexity index is 553. The predicted molar refractivity (Wildman–Crippen MR) is 67.0 cm³/mol. The molecule has 0 aliphatic rings. The van der Waals surface area contributed by atoms with Crippen molar-refractivity contribution in [1.29, 1.82) is 0 Å². The van der Waals surface area contributed by atoms with Gasteiger partial charge in [0.1, 0.15) is 5.82 Å². The largest absolute Gasteiger partial charge is 0.221 e. The average molecular weight is 269 g/mol. The van der Waals surface area contributed by atoms with Gasteiger partial charge in [0.2, 0.25) is 0 Å². The van der Waals surface area contributed by atoms with Gasteiger partial charge >= 0.3 is 0 Å². The third-order valence-electron chi connectivity index (χ3n) is 2.92. The Kier molecular flexibility index (Phi) is 3.61. The van der Waals surface area contributed by atoms with Crippen molar-refractivity contribution in [2.75, 3.05) is 0 Å². The van der Waals surface area contributed by atoms with Crippen molar-refractivity contribution in [3.05, 3.63) is 41.0 Å². The van der Waals surface area contributed by atoms with Crippen LogP contribution in [0.25, 0.3) is 0 Å². The third kappa shape index (κ3) is 2.36. The molecule has 6 heteroatoms. The van der Waals surface area contributed by atoms with E-state index >= 15 is 0 Å². The molecule has 0 radical (unpaired) electrons. The van der Waals surface area contributed by atoms with Gasteiger partial charge in [-0.3, -0.25) is 0 Å². The maximum absolute atomic E-state index is 13.6. The maximum Gasteiger partial charge on any atom is 0.169 e. The first-order valence-electron chi connectivity index (χ1n) is 5.68. The normalized spacial score (nSPS) is 14.5. The zero-order chi connectivity index (χ0) is 13.3. The standard InChI is InChI=1S/C12H14ClFN4/c1-7-4-5-10(6-11(7)14)9(3)18-12(8(2)13)15-16-17-18/h4-6,8-9H,1-3H3. The molecule has 1 heterocycles. The molecule has 0 saturated heterocycles. The fourth-order valence-corrected chi connectivity index (χ4v) is 1.89. The number of halogens is 2. The number of aromatic nitrogens is 4. The van der Waals surface area contributed by atoms with E-state index < -0.39 is 0 Å². The summed E-state index contributed by atoms with van der Waals surface area (Å²) in [6, 6.07) is 4.96. The van der Waals surface area contributed by atoms with E-state index in [0.29, 0.717) is 11.4 Å². The van der Waals surface area contributed by atoms with E-state index in [9.17, 15) is 4.39 Å². The monoisotopic (exact) mass is 268 g/mol. The topological polar surface area (TPSA) is 43.6 Å². The lowest BCUT2D eigenvalue weighted by Gasteiger charge is -2.15. The molecule has 0 fully saturated rings. The van der Waals surface area contributed by atoms with E-state index in [1.165, 1.54) is 6.07 Å². The van der Waals surface area contributed by atoms with Crippen LogP contribution in [0.1, 0.15) is 42.2 Å². The molecule has 96 valence electrons. The fourth-order valence-electron chi connectivity index (χ4n) is 1.75. The molecule has 2 aromatic rings. The second-order valence-corrected chi connectivity index (χ2v) is 4.94. The van der Waals surface area contributed by atoms with Gasteiger partial charge in [0.05, 0.1) is 11.4 Å². The predicted octanol–water partition coefficient (Wildman–Crippen LogP) is 3.03. The molecule has 0 N–H and O–H groups in total. The molecule has 2 atom stereocenters. The van der Waals surface area contributed by atoms with Gasteiger partial charge in [-0.2, -0.15) is 0 Å². The highest BCUT2D eigenvalue weighted by Gasteiger charge is 2.18. The first-order chi connectivity index (χ1) is 8.50. The fraction of sp³-hybridized carbons (Fsp3) is 0.417. The summed E-state index contributed by atoms with van der Waals surface area (Å²) in [5.41, 5.74) is 1.43. The summed E-state index contributed by atoms with van der Waals surface area (Å²) in [6.07, 6.45) is 0. The zero-order valence-electron chi connectivity index (χ0n) is 10.4. The van der Waals surface area contributed by atoms with E-state index in [1.54, 1.807) is 24.6 Å². The summed E-state index contributed by atoms with van der Waals surface area (Å²) in [5, 5.41) is 11.1. The summed E-state index contributed by atoms with van der Waals surface area (Å²) in [5.74, 6) is 0.345. The van der Waals surface area contributed by atoms with Gasteiger partial charge in [-0.25, -0.2) is 9.07 Å². The van der Waals surface area contributed by atoms with E-state index in [1.807, 2.05) is 13.0 Å². The minimum atomic E-state index is -0.294. The number of benzene rings is 1. The van der Waals surface area contributed by atoms with E-state index in [0.717, 1.165) is 5.56 Å². The van der Waals surface area contributed by atoms with Gasteiger partial charge < -0.3 is 0 Å². The summed E-state index contributed by atoms with van der Waals surface area (Å²) in [7, 11) is 0. The smallest absolute Gasteiger partial charge is 0.169 e. The Morgan fingerprint density at radius 3 is 2.67 bits per heavy atom. The van der Waals surface area contributed by atoms with Crippen LogP contribution in [0.3, 0.4) is 0 Å². The van der Waals surface area contributed by atoms with Gasteiger partial charge in [0, 0.05) is 0 Å². The highest BCUT2D eigenvalue weighted by atomic mass is 35.5. The minimum absolute atomic E-state index is 0.161. The summed E-state index contributed by atoms with van der Waals surface area (Å²) < 4.78 is 15.2. The number of rotatable bonds is 3. The Balaban J connectivity index is 2.38. The van der Waals surface area contributed by atoms with Gasteiger partial charge in [0.25, 0.3) is 0 Å². The molecular formula is C12H14ClFN4. The van der Waals surface area contributed by atoms with Crippen LogP contribution in [0.2, 0.25) is 0 Å². The molecule has 0 spiro atoms. The van der Waals surface area contributed by atoms with Crippen molar-refractivity contribution in [2.45, 2.75) is 32.2 Å². The molecule has 1 aromatic heterocycles. The average Bonchev–Trinajstić information content (AvgIpc) is 2.81. The molecule has 0 bridgehead atoms. The van der Waals surface area contributed by atoms with Crippen LogP contribution in [0.5, 0.6) is 0 Å². The lowest BCUT2D eigenvalue weighted by atomic mass is 10.1. The van der Waals surface area contributed by atoms with Crippen LogP contribution in [0.15, 0.2) is 18.2 Å². The Morgan fingerprint density at radius 2 is 2.06 bits per heavy atom. The minimum Gasteiger partial charge on any atom is -0.221 e. The third-order valence-corrected chi connectivity index (χ3v) is 3.11. The Hall–Kier alpha value is -1.49. The summed E-state index contributed by atoms with van der Waals surface area (Å²) >= 11 is 6.00. The first kappa shape index (κ1) is 13.0. The molecule has 0 aliphatic carbocycles. The van der Waals surface area contributed by atoms with E-state index in [-0.39, 0.29) is 17.2 Å². The molecule has 1 aromatic carbocycles. The number of hydrogen-bond acceptors (Lipinski definition) is 3. The van der Waals surface area contributed by atoms with Crippen LogP contribution >= 0.6 is 11.6 Å². The Labute approximate surface area is 110 Å². The number of nitrogens with zero attached hydrogens (tertiary/aromatic N) is 4. The molecule has 2 rings (SSSR count). The van der Waals surface area contributed by atoms with Crippen molar-refractivity contribution in [2.24, 2.45) is 0 Å². The van der Waals surface area contributed by atoms with E-state index in [4.69, 9.17) is 11.6 Å². The van der Waals surface area contributed by atoms with Crippen molar-refractivity contribution in [1.82, 2.24) is 20.2 Å². The van der Waals surface area contributed by atoms with Gasteiger partial charge in [0.15, 0.2) is 5.82 Å². The van der Waals surface area contributed by atoms with E-state index in [2.05, 4.69) is 15.5 Å². The quantitative estimate of drug-likeness (QED) is 0.804. The van der Waals surface area contributed by atoms with Gasteiger partial charge in [-0.15, -0.1) is 16.7 Å². The van der Waals surface area contributed by atoms with Crippen molar-refractivity contribution >= 4 is 11.6 Å². The number of hydrogen-bond donors (Lipinski definition) is 0. The highest BCUT2D eigenvalue weighted by molar-refractivity contribution is 6.20. The van der Waals surface area contributed by atoms with Crippen LogP contribution in [0, 0.1) is 12.7 Å². The van der Waals surface area contributed by atoms with Crippen LogP contribution in [-0.4, -0.2) is 20.2 Å². The summed E-state index contributed by atoms with van der Waals surface area (Å²) in [6.45, 7) is 5.43. The van der Waals surface area contributed by atoms with Crippen molar-refractivity contribution in [3.8, 4) is 0 Å². The lowest BCUT2D eigenvalue weighted by molar-refractivity contribution is 0.516. The number of aryl methyl sites for hydroxylation is 1. The molecule has 0 amide bonds. The molecule has 0 aliphatic heterocycles. The number of tetrazole rings is 1. The second-order valence-electron chi connectivity index (χ2n) is 4.28. The lowest BCUT2D eigenvalue weighted by Crippen LogP contribution is -2.13. The molecule has 4 nitrogen and oxygen atoms in total.